The predicted molar refractivity (Wildman–Crippen MR) is 80.2 cm³/mol. The average molecular weight is 271 g/mol. The number of carbonyl (C=O) groups is 1. The van der Waals surface area contributed by atoms with Crippen molar-refractivity contribution in [2.45, 2.75) is 45.1 Å². The molecule has 3 rings (SSSR count). The summed E-state index contributed by atoms with van der Waals surface area (Å²) in [6.45, 7) is 5.09. The molecule has 2 heterocycles. The van der Waals surface area contributed by atoms with Gasteiger partial charge in [-0.05, 0) is 50.9 Å². The number of hydrogen-bond donors (Lipinski definition) is 1. The van der Waals surface area contributed by atoms with Crippen LogP contribution in [0.15, 0.2) is 28.7 Å². The summed E-state index contributed by atoms with van der Waals surface area (Å²) in [7, 11) is 0. The van der Waals surface area contributed by atoms with Gasteiger partial charge in [0.15, 0.2) is 5.76 Å². The number of ketones is 1. The summed E-state index contributed by atoms with van der Waals surface area (Å²) in [6, 6.07) is 7.90. The summed E-state index contributed by atoms with van der Waals surface area (Å²) >= 11 is 0. The minimum atomic E-state index is -0.405. The molecule has 1 saturated heterocycles. The quantitative estimate of drug-likeness (QED) is 0.859. The highest BCUT2D eigenvalue weighted by Crippen LogP contribution is 2.31. The van der Waals surface area contributed by atoms with Crippen molar-refractivity contribution in [1.29, 1.82) is 0 Å². The highest BCUT2D eigenvalue weighted by atomic mass is 16.3. The Morgan fingerprint density at radius 2 is 2.25 bits per heavy atom. The van der Waals surface area contributed by atoms with Gasteiger partial charge in [-0.25, -0.2) is 0 Å². The molecule has 20 heavy (non-hydrogen) atoms. The van der Waals surface area contributed by atoms with E-state index >= 15 is 0 Å². The van der Waals surface area contributed by atoms with Crippen LogP contribution in [-0.4, -0.2) is 17.9 Å². The van der Waals surface area contributed by atoms with Crippen LogP contribution in [0.2, 0.25) is 0 Å². The Morgan fingerprint density at radius 1 is 1.40 bits per heavy atom. The van der Waals surface area contributed by atoms with E-state index in [2.05, 4.69) is 18.3 Å². The third-order valence-corrected chi connectivity index (χ3v) is 4.25. The molecule has 1 aliphatic rings. The fraction of sp³-hybridized carbons (Fsp3) is 0.471. The minimum absolute atomic E-state index is 0.116. The second kappa shape index (κ2) is 5.06. The van der Waals surface area contributed by atoms with Gasteiger partial charge in [0, 0.05) is 5.39 Å². The first-order valence-electron chi connectivity index (χ1n) is 7.45. The maximum Gasteiger partial charge on any atom is 0.217 e. The van der Waals surface area contributed by atoms with Crippen molar-refractivity contribution in [1.82, 2.24) is 5.32 Å². The molecular formula is C17H21NO2. The largest absolute Gasteiger partial charge is 0.453 e. The molecular weight excluding hydrogens is 250 g/mol. The van der Waals surface area contributed by atoms with Crippen LogP contribution in [-0.2, 0) is 0 Å². The van der Waals surface area contributed by atoms with Crippen LogP contribution in [0.1, 0.15) is 48.7 Å². The summed E-state index contributed by atoms with van der Waals surface area (Å²) in [5.74, 6) is 0.610. The Hall–Kier alpha value is -1.61. The second-order valence-corrected chi connectivity index (χ2v) is 5.84. The van der Waals surface area contributed by atoms with Crippen molar-refractivity contribution >= 4 is 16.8 Å². The number of Topliss-reactive ketones (excluding diaryl/α,β-unsaturated/α-hetero) is 1. The molecule has 0 saturated carbocycles. The molecule has 1 N–H and O–H groups in total. The zero-order valence-corrected chi connectivity index (χ0v) is 12.2. The van der Waals surface area contributed by atoms with Crippen molar-refractivity contribution in [3.63, 3.8) is 0 Å². The van der Waals surface area contributed by atoms with Gasteiger partial charge >= 0.3 is 0 Å². The van der Waals surface area contributed by atoms with E-state index in [1.165, 1.54) is 5.56 Å². The van der Waals surface area contributed by atoms with E-state index < -0.39 is 5.54 Å². The maximum atomic E-state index is 12.9. The summed E-state index contributed by atoms with van der Waals surface area (Å²) in [6.07, 6.45) is 3.85. The van der Waals surface area contributed by atoms with E-state index in [0.717, 1.165) is 43.2 Å². The van der Waals surface area contributed by atoms with Gasteiger partial charge in [0.25, 0.3) is 0 Å². The summed E-state index contributed by atoms with van der Waals surface area (Å²) in [4.78, 5) is 12.9. The maximum absolute atomic E-state index is 12.9. The van der Waals surface area contributed by atoms with Crippen molar-refractivity contribution in [2.75, 3.05) is 6.54 Å². The Kier molecular flexibility index (Phi) is 3.38. The van der Waals surface area contributed by atoms with Crippen LogP contribution in [0.25, 0.3) is 11.0 Å². The fourth-order valence-corrected chi connectivity index (χ4v) is 3.26. The molecule has 0 radical (unpaired) electrons. The first-order valence-corrected chi connectivity index (χ1v) is 7.45. The Balaban J connectivity index is 1.98. The van der Waals surface area contributed by atoms with Crippen LogP contribution in [0.3, 0.4) is 0 Å². The molecule has 1 unspecified atom stereocenters. The smallest absolute Gasteiger partial charge is 0.217 e. The first-order chi connectivity index (χ1) is 9.64. The monoisotopic (exact) mass is 271 g/mol. The van der Waals surface area contributed by atoms with Gasteiger partial charge in [-0.15, -0.1) is 0 Å². The zero-order chi connectivity index (χ0) is 14.2. The van der Waals surface area contributed by atoms with Crippen LogP contribution in [0.4, 0.5) is 0 Å². The summed E-state index contributed by atoms with van der Waals surface area (Å²) in [5.41, 5.74) is 1.57. The van der Waals surface area contributed by atoms with Gasteiger partial charge in [-0.2, -0.15) is 0 Å². The number of benzene rings is 1. The van der Waals surface area contributed by atoms with E-state index in [-0.39, 0.29) is 5.78 Å². The Bertz CT molecular complexity index is 635. The first kappa shape index (κ1) is 13.4. The molecule has 1 aliphatic heterocycles. The Labute approximate surface area is 119 Å². The van der Waals surface area contributed by atoms with E-state index in [1.807, 2.05) is 25.1 Å². The molecule has 0 amide bonds. The predicted octanol–water partition coefficient (Wildman–Crippen LogP) is 3.85. The lowest BCUT2D eigenvalue weighted by atomic mass is 9.86. The van der Waals surface area contributed by atoms with Gasteiger partial charge in [-0.3, -0.25) is 4.79 Å². The van der Waals surface area contributed by atoms with E-state index in [4.69, 9.17) is 4.42 Å². The molecule has 3 heteroatoms. The molecule has 0 aliphatic carbocycles. The van der Waals surface area contributed by atoms with Gasteiger partial charge in [0.2, 0.25) is 5.78 Å². The van der Waals surface area contributed by atoms with Gasteiger partial charge < -0.3 is 9.73 Å². The number of furan rings is 1. The fourth-order valence-electron chi connectivity index (χ4n) is 3.26. The lowest BCUT2D eigenvalue weighted by Gasteiger charge is -2.26. The molecule has 106 valence electrons. The standard InChI is InChI=1S/C17H21NO2/c1-3-7-17(8-4-9-18-17)16(19)15-11-13-10-12(2)5-6-14(13)20-15/h5-6,10-11,18H,3-4,7-9H2,1-2H3. The Morgan fingerprint density at radius 3 is 2.95 bits per heavy atom. The topological polar surface area (TPSA) is 42.2 Å². The van der Waals surface area contributed by atoms with Gasteiger partial charge in [0.1, 0.15) is 5.58 Å². The normalized spacial score (nSPS) is 22.5. The van der Waals surface area contributed by atoms with Crippen molar-refractivity contribution in [2.24, 2.45) is 0 Å². The second-order valence-electron chi connectivity index (χ2n) is 5.84. The third kappa shape index (κ3) is 2.16. The highest BCUT2D eigenvalue weighted by Gasteiger charge is 2.41. The molecule has 3 nitrogen and oxygen atoms in total. The molecule has 0 spiro atoms. The van der Waals surface area contributed by atoms with Crippen molar-refractivity contribution in [3.05, 3.63) is 35.6 Å². The number of hydrogen-bond acceptors (Lipinski definition) is 3. The lowest BCUT2D eigenvalue weighted by Crippen LogP contribution is -2.47. The SMILES string of the molecule is CCCC1(C(=O)c2cc3cc(C)ccc3o2)CCCN1. The molecule has 1 aromatic carbocycles. The van der Waals surface area contributed by atoms with Crippen LogP contribution in [0.5, 0.6) is 0 Å². The third-order valence-electron chi connectivity index (χ3n) is 4.25. The lowest BCUT2D eigenvalue weighted by molar-refractivity contribution is 0.0830. The minimum Gasteiger partial charge on any atom is -0.453 e. The molecule has 1 aromatic heterocycles. The number of carbonyl (C=O) groups excluding carboxylic acids is 1. The average Bonchev–Trinajstić information content (AvgIpc) is 3.05. The van der Waals surface area contributed by atoms with Crippen LogP contribution < -0.4 is 5.32 Å². The van der Waals surface area contributed by atoms with Crippen molar-refractivity contribution < 1.29 is 9.21 Å². The van der Waals surface area contributed by atoms with E-state index in [0.29, 0.717) is 5.76 Å². The van der Waals surface area contributed by atoms with Crippen LogP contribution >= 0.6 is 0 Å². The molecule has 0 bridgehead atoms. The summed E-state index contributed by atoms with van der Waals surface area (Å²) in [5, 5.41) is 4.43. The number of rotatable bonds is 4. The van der Waals surface area contributed by atoms with Crippen LogP contribution in [0, 0.1) is 6.92 Å². The van der Waals surface area contributed by atoms with Gasteiger partial charge in [0.05, 0.1) is 5.54 Å². The number of aryl methyl sites for hydroxylation is 1. The van der Waals surface area contributed by atoms with Crippen molar-refractivity contribution in [3.8, 4) is 0 Å². The van der Waals surface area contributed by atoms with E-state index in [9.17, 15) is 4.79 Å². The molecule has 1 fully saturated rings. The van der Waals surface area contributed by atoms with Gasteiger partial charge in [-0.1, -0.05) is 25.0 Å². The molecule has 2 aromatic rings. The number of fused-ring (bicyclic) bond motifs is 1. The molecule has 1 atom stereocenters. The number of nitrogens with one attached hydrogen (secondary N) is 1. The summed E-state index contributed by atoms with van der Waals surface area (Å²) < 4.78 is 5.78. The highest BCUT2D eigenvalue weighted by molar-refractivity contribution is 6.04. The zero-order valence-electron chi connectivity index (χ0n) is 12.2. The van der Waals surface area contributed by atoms with E-state index in [1.54, 1.807) is 0 Å².